The number of rotatable bonds is 11. The Morgan fingerprint density at radius 2 is 1.24 bits per heavy atom. The largest absolute Gasteiger partial charge is 0.493 e. The second-order valence-corrected chi connectivity index (χ2v) is 8.65. The number of unbranched alkanes of at least 4 members (excludes halogenated alkanes) is 1. The van der Waals surface area contributed by atoms with E-state index in [9.17, 15) is 0 Å². The first-order chi connectivity index (χ1) is 16.8. The number of hydrogen-bond acceptors (Lipinski definition) is 5. The smallest absolute Gasteiger partial charge is 0.203 e. The Hall–Kier alpha value is -3.02. The Morgan fingerprint density at radius 3 is 1.76 bits per heavy atom. The number of para-hydroxylation sites is 1. The van der Waals surface area contributed by atoms with Crippen LogP contribution in [-0.2, 0) is 0 Å². The summed E-state index contributed by atoms with van der Waals surface area (Å²) in [6.45, 7) is 6.09. The molecule has 0 amide bonds. The molecule has 180 valence electrons. The average Bonchev–Trinajstić information content (AvgIpc) is 2.90. The van der Waals surface area contributed by atoms with Crippen molar-refractivity contribution in [3.05, 3.63) is 90.0 Å². The summed E-state index contributed by atoms with van der Waals surface area (Å²) in [6.07, 6.45) is 2.11. The molecule has 4 rings (SSSR count). The molecule has 1 fully saturated rings. The van der Waals surface area contributed by atoms with Crippen LogP contribution in [-0.4, -0.2) is 63.4 Å². The minimum Gasteiger partial charge on any atom is -0.493 e. The van der Waals surface area contributed by atoms with Crippen LogP contribution in [0.3, 0.4) is 0 Å². The Morgan fingerprint density at radius 1 is 0.676 bits per heavy atom. The van der Waals surface area contributed by atoms with Crippen LogP contribution in [0, 0.1) is 0 Å². The molecule has 0 aliphatic carbocycles. The number of ether oxygens (including phenoxy) is 3. The Kier molecular flexibility index (Phi) is 8.83. The molecule has 0 atom stereocenters. The number of nitrogens with zero attached hydrogens (tertiary/aromatic N) is 2. The van der Waals surface area contributed by atoms with Gasteiger partial charge >= 0.3 is 0 Å². The van der Waals surface area contributed by atoms with Gasteiger partial charge in [-0.25, -0.2) is 0 Å². The number of piperazine rings is 1. The molecule has 3 aromatic rings. The van der Waals surface area contributed by atoms with Crippen molar-refractivity contribution in [3.63, 3.8) is 0 Å². The topological polar surface area (TPSA) is 34.2 Å². The maximum Gasteiger partial charge on any atom is 0.203 e. The molecule has 1 heterocycles. The maximum atomic E-state index is 6.01. The standard InChI is InChI=1S/C29H36N2O3/c1-32-26-16-11-17-27(33-2)29(26)34-23-10-9-18-30-19-21-31(22-20-30)28(24-12-5-3-6-13-24)25-14-7-4-8-15-25/h3-8,11-17,28H,9-10,18-23H2,1-2H3. The van der Waals surface area contributed by atoms with Crippen LogP contribution in [0.25, 0.3) is 0 Å². The highest BCUT2D eigenvalue weighted by Gasteiger charge is 2.26. The summed E-state index contributed by atoms with van der Waals surface area (Å²) in [5, 5.41) is 0. The van der Waals surface area contributed by atoms with E-state index in [1.807, 2.05) is 18.2 Å². The lowest BCUT2D eigenvalue weighted by Gasteiger charge is -2.39. The first-order valence-electron chi connectivity index (χ1n) is 12.2. The fourth-order valence-corrected chi connectivity index (χ4v) is 4.70. The zero-order valence-electron chi connectivity index (χ0n) is 20.4. The third kappa shape index (κ3) is 6.10. The first kappa shape index (κ1) is 24.1. The summed E-state index contributed by atoms with van der Waals surface area (Å²) in [5.74, 6) is 2.11. The van der Waals surface area contributed by atoms with Gasteiger partial charge in [0.15, 0.2) is 11.5 Å². The molecule has 0 spiro atoms. The highest BCUT2D eigenvalue weighted by Crippen LogP contribution is 2.36. The van der Waals surface area contributed by atoms with E-state index in [1.165, 1.54) is 11.1 Å². The van der Waals surface area contributed by atoms with E-state index in [0.717, 1.165) is 45.6 Å². The summed E-state index contributed by atoms with van der Waals surface area (Å²) < 4.78 is 16.8. The summed E-state index contributed by atoms with van der Waals surface area (Å²) in [4.78, 5) is 5.20. The number of methoxy groups -OCH3 is 2. The summed E-state index contributed by atoms with van der Waals surface area (Å²) in [6, 6.07) is 27.8. The second-order valence-electron chi connectivity index (χ2n) is 8.65. The van der Waals surface area contributed by atoms with Gasteiger partial charge < -0.3 is 19.1 Å². The normalized spacial score (nSPS) is 14.8. The van der Waals surface area contributed by atoms with Gasteiger partial charge in [-0.05, 0) is 42.6 Å². The van der Waals surface area contributed by atoms with Crippen molar-refractivity contribution in [2.24, 2.45) is 0 Å². The molecule has 0 aromatic heterocycles. The summed E-state index contributed by atoms with van der Waals surface area (Å²) >= 11 is 0. The lowest BCUT2D eigenvalue weighted by molar-refractivity contribution is 0.107. The Labute approximate surface area is 203 Å². The lowest BCUT2D eigenvalue weighted by atomic mass is 9.96. The molecule has 1 aliphatic heterocycles. The molecule has 34 heavy (non-hydrogen) atoms. The van der Waals surface area contributed by atoms with Gasteiger partial charge in [-0.2, -0.15) is 0 Å². The minimum atomic E-state index is 0.314. The summed E-state index contributed by atoms with van der Waals surface area (Å²) in [7, 11) is 3.31. The van der Waals surface area contributed by atoms with Crippen LogP contribution in [0.2, 0.25) is 0 Å². The predicted molar refractivity (Wildman–Crippen MR) is 137 cm³/mol. The fraction of sp³-hybridized carbons (Fsp3) is 0.379. The zero-order chi connectivity index (χ0) is 23.6. The van der Waals surface area contributed by atoms with Crippen LogP contribution < -0.4 is 14.2 Å². The molecule has 3 aromatic carbocycles. The molecule has 5 heteroatoms. The first-order valence-corrected chi connectivity index (χ1v) is 12.2. The lowest BCUT2D eigenvalue weighted by Crippen LogP contribution is -2.48. The highest BCUT2D eigenvalue weighted by molar-refractivity contribution is 5.51. The van der Waals surface area contributed by atoms with Crippen LogP contribution >= 0.6 is 0 Å². The van der Waals surface area contributed by atoms with E-state index in [0.29, 0.717) is 29.9 Å². The number of benzene rings is 3. The quantitative estimate of drug-likeness (QED) is 0.364. The molecule has 0 N–H and O–H groups in total. The van der Waals surface area contributed by atoms with E-state index in [2.05, 4.69) is 70.5 Å². The van der Waals surface area contributed by atoms with E-state index in [4.69, 9.17) is 14.2 Å². The minimum absolute atomic E-state index is 0.314. The predicted octanol–water partition coefficient (Wildman–Crippen LogP) is 5.27. The van der Waals surface area contributed by atoms with Crippen molar-refractivity contribution < 1.29 is 14.2 Å². The average molecular weight is 461 g/mol. The van der Waals surface area contributed by atoms with Gasteiger partial charge in [0.25, 0.3) is 0 Å². The van der Waals surface area contributed by atoms with Crippen LogP contribution in [0.1, 0.15) is 30.0 Å². The van der Waals surface area contributed by atoms with Crippen molar-refractivity contribution in [3.8, 4) is 17.2 Å². The van der Waals surface area contributed by atoms with Crippen LogP contribution in [0.15, 0.2) is 78.9 Å². The Balaban J connectivity index is 1.25. The monoisotopic (exact) mass is 460 g/mol. The molecule has 0 unspecified atom stereocenters. The second kappa shape index (κ2) is 12.4. The molecular weight excluding hydrogens is 424 g/mol. The maximum absolute atomic E-state index is 6.01. The van der Waals surface area contributed by atoms with Crippen LogP contribution in [0.4, 0.5) is 0 Å². The molecule has 0 radical (unpaired) electrons. The Bertz CT molecular complexity index is 927. The van der Waals surface area contributed by atoms with Gasteiger partial charge in [-0.15, -0.1) is 0 Å². The van der Waals surface area contributed by atoms with E-state index in [1.54, 1.807) is 14.2 Å². The third-order valence-electron chi connectivity index (χ3n) is 6.50. The van der Waals surface area contributed by atoms with Gasteiger partial charge in [-0.3, -0.25) is 4.90 Å². The molecule has 0 bridgehead atoms. The SMILES string of the molecule is COc1cccc(OC)c1OCCCCN1CCN(C(c2ccccc2)c2ccccc2)CC1. The zero-order valence-corrected chi connectivity index (χ0v) is 20.4. The van der Waals surface area contributed by atoms with Crippen molar-refractivity contribution in [2.75, 3.05) is 53.6 Å². The molecule has 5 nitrogen and oxygen atoms in total. The van der Waals surface area contributed by atoms with E-state index < -0.39 is 0 Å². The molecule has 1 saturated heterocycles. The third-order valence-corrected chi connectivity index (χ3v) is 6.50. The molecule has 0 saturated carbocycles. The van der Waals surface area contributed by atoms with Gasteiger partial charge in [0.1, 0.15) is 0 Å². The van der Waals surface area contributed by atoms with Crippen molar-refractivity contribution in [2.45, 2.75) is 18.9 Å². The molecular formula is C29H36N2O3. The number of hydrogen-bond donors (Lipinski definition) is 0. The fourth-order valence-electron chi connectivity index (χ4n) is 4.70. The van der Waals surface area contributed by atoms with Gasteiger partial charge in [0.2, 0.25) is 5.75 Å². The van der Waals surface area contributed by atoms with Crippen molar-refractivity contribution >= 4 is 0 Å². The van der Waals surface area contributed by atoms with E-state index >= 15 is 0 Å². The van der Waals surface area contributed by atoms with Crippen molar-refractivity contribution in [1.82, 2.24) is 9.80 Å². The van der Waals surface area contributed by atoms with Gasteiger partial charge in [0, 0.05) is 26.2 Å². The highest BCUT2D eigenvalue weighted by atomic mass is 16.5. The van der Waals surface area contributed by atoms with Gasteiger partial charge in [0.05, 0.1) is 26.9 Å². The van der Waals surface area contributed by atoms with E-state index in [-0.39, 0.29) is 0 Å². The molecule has 1 aliphatic rings. The van der Waals surface area contributed by atoms with Crippen molar-refractivity contribution in [1.29, 1.82) is 0 Å². The summed E-state index contributed by atoms with van der Waals surface area (Å²) in [5.41, 5.74) is 2.73. The van der Waals surface area contributed by atoms with Gasteiger partial charge in [-0.1, -0.05) is 66.7 Å². The van der Waals surface area contributed by atoms with Crippen LogP contribution in [0.5, 0.6) is 17.2 Å².